The highest BCUT2D eigenvalue weighted by atomic mass is 35.7. The maximum Gasteiger partial charge on any atom is 0.276 e. The average molecular weight is 415 g/mol. The minimum Gasteiger partial charge on any atom is -0.477 e. The first-order chi connectivity index (χ1) is 12.7. The van der Waals surface area contributed by atoms with Crippen LogP contribution in [0.1, 0.15) is 46.6 Å². The number of nitrogens with zero attached hydrogens (tertiary/aromatic N) is 2. The maximum absolute atomic E-state index is 12.1. The molecular weight excluding hydrogens is 392 g/mol. The van der Waals surface area contributed by atoms with E-state index in [2.05, 4.69) is 15.3 Å². The van der Waals surface area contributed by atoms with Crippen molar-refractivity contribution >= 4 is 37.2 Å². The molecule has 0 saturated heterocycles. The fraction of sp³-hybridized carbons (Fsp3) is 0.412. The van der Waals surface area contributed by atoms with Crippen molar-refractivity contribution in [2.45, 2.75) is 45.9 Å². The normalized spacial score (nSPS) is 16.0. The number of hydrogen-bond donors (Lipinski definition) is 2. The zero-order valence-corrected chi connectivity index (χ0v) is 17.5. The van der Waals surface area contributed by atoms with Crippen molar-refractivity contribution in [3.05, 3.63) is 29.1 Å². The van der Waals surface area contributed by atoms with Gasteiger partial charge in [-0.1, -0.05) is 20.8 Å². The lowest BCUT2D eigenvalue weighted by Gasteiger charge is -2.19. The first-order valence-electron chi connectivity index (χ1n) is 8.45. The third-order valence-electron chi connectivity index (χ3n) is 3.50. The molecule has 8 nitrogen and oxygen atoms in total. The van der Waals surface area contributed by atoms with Crippen LogP contribution in [0.25, 0.3) is 0 Å². The van der Waals surface area contributed by atoms with Gasteiger partial charge in [0.1, 0.15) is 16.4 Å². The maximum atomic E-state index is 12.1. The van der Waals surface area contributed by atoms with Crippen LogP contribution in [-0.2, 0) is 13.8 Å². The number of nitrogens with one attached hydrogen (secondary N) is 2. The molecule has 2 heterocycles. The molecule has 2 N–H and O–H groups in total. The highest BCUT2D eigenvalue weighted by Gasteiger charge is 2.27. The van der Waals surface area contributed by atoms with Gasteiger partial charge in [0.15, 0.2) is 0 Å². The molecule has 0 spiro atoms. The van der Waals surface area contributed by atoms with E-state index in [-0.39, 0.29) is 40.2 Å². The monoisotopic (exact) mass is 414 g/mol. The van der Waals surface area contributed by atoms with Crippen molar-refractivity contribution in [1.29, 1.82) is 5.41 Å². The highest BCUT2D eigenvalue weighted by molar-refractivity contribution is 8.13. The fourth-order valence-electron chi connectivity index (χ4n) is 2.06. The number of allylic oxidation sites excluding steroid dienone is 1. The molecule has 0 unspecified atom stereocenters. The van der Waals surface area contributed by atoms with Crippen LogP contribution < -0.4 is 10.1 Å². The van der Waals surface area contributed by atoms with Crippen LogP contribution in [-0.4, -0.2) is 37.5 Å². The smallest absolute Gasteiger partial charge is 0.276 e. The minimum atomic E-state index is -4.02. The summed E-state index contributed by atoms with van der Waals surface area (Å²) in [6.45, 7) is 9.66. The molecular formula is C17H23ClN4O4S. The lowest BCUT2D eigenvalue weighted by Crippen LogP contribution is -2.41. The summed E-state index contributed by atoms with van der Waals surface area (Å²) in [5.41, 5.74) is 0.910. The number of ether oxygens (including phenoxy) is 1. The molecule has 0 atom stereocenters. The van der Waals surface area contributed by atoms with Crippen LogP contribution in [0.3, 0.4) is 0 Å². The summed E-state index contributed by atoms with van der Waals surface area (Å²) in [6.07, 6.45) is 1.67. The zero-order valence-electron chi connectivity index (χ0n) is 15.9. The number of amides is 1. The van der Waals surface area contributed by atoms with E-state index in [4.69, 9.17) is 20.8 Å². The molecule has 2 rings (SSSR count). The van der Waals surface area contributed by atoms with Crippen LogP contribution in [0.15, 0.2) is 33.4 Å². The molecule has 0 aliphatic carbocycles. The van der Waals surface area contributed by atoms with Gasteiger partial charge in [0.05, 0.1) is 24.1 Å². The lowest BCUT2D eigenvalue weighted by atomic mass is 10.1. The number of hydrogen-bond acceptors (Lipinski definition) is 7. The van der Waals surface area contributed by atoms with E-state index in [1.807, 2.05) is 20.8 Å². The molecule has 10 heteroatoms. The Labute approximate surface area is 163 Å². The fourth-order valence-corrected chi connectivity index (χ4v) is 2.76. The summed E-state index contributed by atoms with van der Waals surface area (Å²) in [7, 11) is 1.35. The minimum absolute atomic E-state index is 0.0573. The summed E-state index contributed by atoms with van der Waals surface area (Å²) in [4.78, 5) is 20.1. The van der Waals surface area contributed by atoms with E-state index < -0.39 is 15.0 Å². The van der Waals surface area contributed by atoms with Crippen molar-refractivity contribution < 1.29 is 17.9 Å². The molecule has 0 saturated carbocycles. The average Bonchev–Trinajstić information content (AvgIpc) is 2.64. The molecule has 0 radical (unpaired) electrons. The van der Waals surface area contributed by atoms with Gasteiger partial charge in [-0.05, 0) is 31.9 Å². The number of carbonyl (C=O) groups excluding carboxylic acids is 1. The Bertz CT molecular complexity index is 908. The van der Waals surface area contributed by atoms with Crippen molar-refractivity contribution in [1.82, 2.24) is 10.3 Å². The van der Waals surface area contributed by atoms with Crippen molar-refractivity contribution in [2.75, 3.05) is 6.61 Å². The molecule has 27 heavy (non-hydrogen) atoms. The van der Waals surface area contributed by atoms with E-state index in [0.29, 0.717) is 6.42 Å². The Kier molecular flexibility index (Phi) is 8.11. The largest absolute Gasteiger partial charge is 0.477 e. The molecule has 1 amide bonds. The molecule has 0 aromatic carbocycles. The third kappa shape index (κ3) is 5.36. The summed E-state index contributed by atoms with van der Waals surface area (Å²) in [5.74, 6) is -0.483. The number of aromatic nitrogens is 1. The Balaban J connectivity index is 0.00000176. The Morgan fingerprint density at radius 1 is 1.33 bits per heavy atom. The number of halogens is 1. The molecule has 0 fully saturated rings. The van der Waals surface area contributed by atoms with Crippen LogP contribution >= 0.6 is 10.7 Å². The van der Waals surface area contributed by atoms with Gasteiger partial charge < -0.3 is 10.1 Å². The van der Waals surface area contributed by atoms with Gasteiger partial charge in [0.25, 0.3) is 15.0 Å². The lowest BCUT2D eigenvalue weighted by molar-refractivity contribution is -0.113. The van der Waals surface area contributed by atoms with E-state index in [1.165, 1.54) is 6.07 Å². The van der Waals surface area contributed by atoms with Crippen molar-refractivity contribution in [3.63, 3.8) is 0 Å². The topological polar surface area (TPSA) is 122 Å². The second kappa shape index (κ2) is 9.61. The third-order valence-corrected chi connectivity index (χ3v) is 4.82. The van der Waals surface area contributed by atoms with Crippen LogP contribution in [0.4, 0.5) is 0 Å². The Hall–Kier alpha value is -2.26. The van der Waals surface area contributed by atoms with Crippen molar-refractivity contribution in [3.8, 4) is 5.88 Å². The molecule has 148 valence electrons. The van der Waals surface area contributed by atoms with Gasteiger partial charge >= 0.3 is 0 Å². The second-order valence-corrected chi connectivity index (χ2v) is 7.73. The first-order valence-corrected chi connectivity index (χ1v) is 10.8. The Morgan fingerprint density at radius 2 is 1.96 bits per heavy atom. The SMILES string of the molecule is CC.CCOc1ncc(S(=O)(=O)Cl)cc1C1=N/C(=C(/C)CC)C(=N)C(=O)N1. The van der Waals surface area contributed by atoms with Crippen LogP contribution in [0.2, 0.25) is 0 Å². The standard InChI is InChI=1S/C15H17ClN4O4S.C2H6/c1-4-8(3)12-11(17)14(21)20-13(19-12)10-6-9(25(16,22)23)7-18-15(10)24-5-2;1-2/h6-7,17H,4-5H2,1-3H3,(H,19,20,21);1-2H3/b12-8-,17-11?;. The number of pyridine rings is 1. The van der Waals surface area contributed by atoms with E-state index >= 15 is 0 Å². The van der Waals surface area contributed by atoms with Gasteiger partial charge in [-0.2, -0.15) is 0 Å². The predicted molar refractivity (Wildman–Crippen MR) is 105 cm³/mol. The summed E-state index contributed by atoms with van der Waals surface area (Å²) < 4.78 is 28.6. The van der Waals surface area contributed by atoms with Crippen molar-refractivity contribution in [2.24, 2.45) is 4.99 Å². The van der Waals surface area contributed by atoms with E-state index in [1.54, 1.807) is 13.8 Å². The van der Waals surface area contributed by atoms with Gasteiger partial charge in [0.2, 0.25) is 5.88 Å². The van der Waals surface area contributed by atoms with Crippen LogP contribution in [0.5, 0.6) is 5.88 Å². The molecule has 1 aliphatic rings. The first kappa shape index (κ1) is 22.8. The number of rotatable bonds is 5. The number of aliphatic imine (C=N–C) groups is 1. The van der Waals surface area contributed by atoms with E-state index in [0.717, 1.165) is 11.8 Å². The molecule has 1 aromatic heterocycles. The quantitative estimate of drug-likeness (QED) is 0.717. The number of amidine groups is 1. The van der Waals surface area contributed by atoms with Crippen LogP contribution in [0, 0.1) is 5.41 Å². The highest BCUT2D eigenvalue weighted by Crippen LogP contribution is 2.25. The Morgan fingerprint density at radius 3 is 2.48 bits per heavy atom. The second-order valence-electron chi connectivity index (χ2n) is 5.17. The predicted octanol–water partition coefficient (Wildman–Crippen LogP) is 3.01. The number of carbonyl (C=O) groups is 1. The zero-order chi connectivity index (χ0) is 20.8. The van der Waals surface area contributed by atoms with Gasteiger partial charge in [-0.3, -0.25) is 10.2 Å². The van der Waals surface area contributed by atoms with Gasteiger partial charge in [0, 0.05) is 10.7 Å². The molecule has 1 aliphatic heterocycles. The van der Waals surface area contributed by atoms with Gasteiger partial charge in [-0.15, -0.1) is 0 Å². The molecule has 0 bridgehead atoms. The summed E-state index contributed by atoms with van der Waals surface area (Å²) in [6, 6.07) is 1.23. The summed E-state index contributed by atoms with van der Waals surface area (Å²) in [5, 5.41) is 10.3. The van der Waals surface area contributed by atoms with E-state index in [9.17, 15) is 13.2 Å². The molecule has 1 aromatic rings. The van der Waals surface area contributed by atoms with Gasteiger partial charge in [-0.25, -0.2) is 18.4 Å². The summed E-state index contributed by atoms with van der Waals surface area (Å²) >= 11 is 0.